The maximum absolute atomic E-state index is 12.7. The Morgan fingerprint density at radius 1 is 0.941 bits per heavy atom. The first kappa shape index (κ1) is 55.0. The molecule has 2 aliphatic carbocycles. The Kier molecular flexibility index (Phi) is 19.9. The van der Waals surface area contributed by atoms with Gasteiger partial charge in [0.1, 0.15) is 16.8 Å². The molecule has 1 aliphatic heterocycles. The second kappa shape index (κ2) is 24.6. The van der Waals surface area contributed by atoms with Crippen LogP contribution in [0.25, 0.3) is 6.08 Å². The van der Waals surface area contributed by atoms with Gasteiger partial charge in [0.25, 0.3) is 17.5 Å². The second-order valence-corrected chi connectivity index (χ2v) is 19.1. The van der Waals surface area contributed by atoms with Gasteiger partial charge < -0.3 is 14.4 Å². The highest BCUT2D eigenvalue weighted by molar-refractivity contribution is 7.90. The summed E-state index contributed by atoms with van der Waals surface area (Å²) >= 11 is 17.9. The number of hydrogen-bond donors (Lipinski definition) is 0. The Labute approximate surface area is 409 Å². The smallest absolute Gasteiger partial charge is 0.349 e. The average Bonchev–Trinajstić information content (AvgIpc) is 3.55. The van der Waals surface area contributed by atoms with Crippen LogP contribution in [-0.2, 0) is 54.5 Å². The number of nitro benzene ring substituents is 1. The first-order valence-corrected chi connectivity index (χ1v) is 24.8. The molecule has 6 rings (SSSR count). The Hall–Kier alpha value is -5.59. The minimum absolute atomic E-state index is 0.0223. The lowest BCUT2D eigenvalue weighted by Gasteiger charge is -2.31. The van der Waals surface area contributed by atoms with Gasteiger partial charge in [0.2, 0.25) is 5.91 Å². The zero-order chi connectivity index (χ0) is 50.6. The number of anilines is 2. The van der Waals surface area contributed by atoms with Gasteiger partial charge >= 0.3 is 5.97 Å². The van der Waals surface area contributed by atoms with Crippen molar-refractivity contribution in [1.82, 2.24) is 0 Å². The van der Waals surface area contributed by atoms with E-state index in [-0.39, 0.29) is 59.0 Å². The van der Waals surface area contributed by atoms with E-state index in [0.29, 0.717) is 53.3 Å². The number of methoxy groups -OCH3 is 1. The Bertz CT molecular complexity index is 2640. The molecule has 364 valence electrons. The second-order valence-electron chi connectivity index (χ2n) is 16.0. The van der Waals surface area contributed by atoms with Crippen LogP contribution in [0.3, 0.4) is 0 Å². The van der Waals surface area contributed by atoms with Crippen LogP contribution in [0.1, 0.15) is 92.8 Å². The van der Waals surface area contributed by atoms with Crippen LogP contribution >= 0.6 is 34.8 Å². The number of para-hydroxylation sites is 1. The number of halogens is 3. The van der Waals surface area contributed by atoms with Crippen LogP contribution in [0.15, 0.2) is 75.7 Å². The summed E-state index contributed by atoms with van der Waals surface area (Å²) in [6, 6.07) is 13.6. The van der Waals surface area contributed by atoms with Crippen molar-refractivity contribution < 1.29 is 56.4 Å². The number of alkyl halides is 1. The molecule has 1 heterocycles. The largest absolute Gasteiger partial charge is 0.462 e. The van der Waals surface area contributed by atoms with Crippen molar-refractivity contribution in [3.05, 3.63) is 108 Å². The third kappa shape index (κ3) is 13.1. The first-order valence-electron chi connectivity index (χ1n) is 21.6. The van der Waals surface area contributed by atoms with Gasteiger partial charge in [-0.3, -0.25) is 38.9 Å². The molecule has 20 heteroatoms. The quantitative estimate of drug-likeness (QED) is 0.0216. The Morgan fingerprint density at radius 3 is 2.09 bits per heavy atom. The van der Waals surface area contributed by atoms with E-state index in [1.165, 1.54) is 11.0 Å². The summed E-state index contributed by atoms with van der Waals surface area (Å²) in [6.45, 7) is 8.44. The van der Waals surface area contributed by atoms with Gasteiger partial charge in [0.15, 0.2) is 27.2 Å². The minimum atomic E-state index is -3.70. The highest BCUT2D eigenvalue weighted by Gasteiger charge is 2.41. The fourth-order valence-corrected chi connectivity index (χ4v) is 9.04. The van der Waals surface area contributed by atoms with E-state index in [1.807, 2.05) is 26.0 Å². The molecule has 1 saturated carbocycles. The predicted octanol–water partition coefficient (Wildman–Crippen LogP) is 8.51. The molecule has 68 heavy (non-hydrogen) atoms. The summed E-state index contributed by atoms with van der Waals surface area (Å²) in [5, 5.41) is 11.3. The zero-order valence-corrected chi connectivity index (χ0v) is 41.5. The molecule has 16 nitrogen and oxygen atoms in total. The lowest BCUT2D eigenvalue weighted by Crippen LogP contribution is -2.43. The summed E-state index contributed by atoms with van der Waals surface area (Å²) in [5.41, 5.74) is 4.09. The number of amides is 3. The number of nitro groups is 1. The molecule has 0 saturated heterocycles. The van der Waals surface area contributed by atoms with Crippen molar-refractivity contribution in [2.75, 3.05) is 42.3 Å². The average molecular weight is 1020 g/mol. The van der Waals surface area contributed by atoms with Crippen LogP contribution in [0.2, 0.25) is 5.02 Å². The topological polar surface area (TPSA) is 222 Å². The van der Waals surface area contributed by atoms with Gasteiger partial charge in [-0.05, 0) is 112 Å². The van der Waals surface area contributed by atoms with Gasteiger partial charge in [-0.25, -0.2) is 18.1 Å². The number of hydrogen-bond acceptors (Lipinski definition) is 13. The lowest BCUT2D eigenvalue weighted by atomic mass is 9.81. The van der Waals surface area contributed by atoms with Crippen LogP contribution in [0, 0.1) is 23.0 Å². The number of rotatable bonds is 14. The van der Waals surface area contributed by atoms with Gasteiger partial charge in [-0.15, -0.1) is 11.6 Å². The number of ketones is 3. The molecule has 1 unspecified atom stereocenters. The van der Waals surface area contributed by atoms with Crippen LogP contribution in [0.5, 0.6) is 0 Å². The molecule has 3 aromatic rings. The number of carbonyl (C=O) groups excluding carboxylic acids is 7. The highest BCUT2D eigenvalue weighted by Crippen LogP contribution is 2.37. The number of nitrogens with zero attached hydrogens (tertiary/aromatic N) is 3. The fourth-order valence-electron chi connectivity index (χ4n) is 7.93. The van der Waals surface area contributed by atoms with E-state index in [1.54, 1.807) is 37.1 Å². The van der Waals surface area contributed by atoms with Crippen molar-refractivity contribution >= 4 is 109 Å². The first-order chi connectivity index (χ1) is 32.1. The summed E-state index contributed by atoms with van der Waals surface area (Å²) in [4.78, 5) is 98.1. The molecule has 0 bridgehead atoms. The molecule has 0 radical (unpaired) electrons. The van der Waals surface area contributed by atoms with E-state index in [4.69, 9.17) is 44.3 Å². The molecule has 3 aromatic carbocycles. The summed E-state index contributed by atoms with van der Waals surface area (Å²) in [5.74, 6) is -4.95. The fraction of sp³-hybridized carbons (Fsp3) is 0.396. The van der Waals surface area contributed by atoms with Crippen molar-refractivity contribution in [3.63, 3.8) is 0 Å². The van der Waals surface area contributed by atoms with Crippen molar-refractivity contribution in [1.29, 1.82) is 0 Å². The molecular formula is C48H52Cl3N3O13S. The molecule has 0 N–H and O–H groups in total. The number of Topliss-reactive ketones (excluding diaryl/α,β-unsaturated/α-hetero) is 3. The highest BCUT2D eigenvalue weighted by atomic mass is 35.5. The number of aryl methyl sites for hydroxylation is 2. The van der Waals surface area contributed by atoms with Gasteiger partial charge in [0.05, 0.1) is 46.0 Å². The Morgan fingerprint density at radius 2 is 1.56 bits per heavy atom. The van der Waals surface area contributed by atoms with E-state index < -0.39 is 55.2 Å². The molecule has 1 atom stereocenters. The van der Waals surface area contributed by atoms with Gasteiger partial charge in [-0.2, -0.15) is 0 Å². The molecule has 3 amide bonds. The van der Waals surface area contributed by atoms with E-state index in [0.717, 1.165) is 60.5 Å². The van der Waals surface area contributed by atoms with E-state index in [9.17, 15) is 52.1 Å². The van der Waals surface area contributed by atoms with E-state index >= 15 is 0 Å². The monoisotopic (exact) mass is 1020 g/mol. The third-order valence-electron chi connectivity index (χ3n) is 11.2. The number of ether oxygens (including phenoxy) is 2. The zero-order valence-electron chi connectivity index (χ0n) is 38.4. The SMILES string of the molecule is CCOC(=O)/C(Cl)=C/c1cc(N2C(=O)C3=C(CCCC3)C2=O)ccc1Cl.CCc1cccc(C)c1N(C(=O)CCl)C(C)COC.CS(=O)(=O)c1ccc(C(=O)C2C(=O)CCCC2=O)c([N+](=O)[O-])c1. The summed E-state index contributed by atoms with van der Waals surface area (Å²) < 4.78 is 33.0. The molecule has 0 aromatic heterocycles. The number of sulfone groups is 1. The van der Waals surface area contributed by atoms with Gasteiger partial charge in [0, 0.05) is 48.4 Å². The number of esters is 1. The maximum atomic E-state index is 12.7. The summed E-state index contributed by atoms with van der Waals surface area (Å²) in [6.07, 6.45) is 6.70. The molecule has 1 fully saturated rings. The van der Waals surface area contributed by atoms with Crippen LogP contribution in [-0.4, -0.2) is 92.9 Å². The van der Waals surface area contributed by atoms with Crippen molar-refractivity contribution in [2.45, 2.75) is 90.0 Å². The predicted molar refractivity (Wildman–Crippen MR) is 258 cm³/mol. The third-order valence-corrected chi connectivity index (χ3v) is 13.1. The summed E-state index contributed by atoms with van der Waals surface area (Å²) in [7, 11) is -2.06. The molecule has 0 spiro atoms. The van der Waals surface area contributed by atoms with Crippen molar-refractivity contribution in [2.24, 2.45) is 5.92 Å². The standard InChI is InChI=1S/C19H17Cl2NO4.C15H22ClNO2.C14H13NO7S/c1-2-26-19(25)16(21)10-11-9-12(7-8-15(11)20)22-17(23)13-5-3-4-6-14(13)18(22)24;1-5-13-8-6-7-11(2)15(13)17(14(18)9-16)12(3)10-19-4;1-23(21,22)8-5-6-9(10(7-8)15(19)20)14(18)13-11(16)3-2-4-12(13)17/h7-10H,2-6H2,1H3;6-8,12H,5,9-10H2,1-4H3;5-7,13H,2-4H2,1H3/b16-10-;;. The van der Waals surface area contributed by atoms with Crippen LogP contribution < -0.4 is 9.80 Å². The van der Waals surface area contributed by atoms with Gasteiger partial charge in [-0.1, -0.05) is 48.3 Å². The minimum Gasteiger partial charge on any atom is -0.462 e. The molecular weight excluding hydrogens is 965 g/mol. The lowest BCUT2D eigenvalue weighted by molar-refractivity contribution is -0.385. The number of carbonyl (C=O) groups is 7. The van der Waals surface area contributed by atoms with E-state index in [2.05, 4.69) is 13.0 Å². The van der Waals surface area contributed by atoms with Crippen molar-refractivity contribution in [3.8, 4) is 0 Å². The normalized spacial score (nSPS) is 15.7. The van der Waals surface area contributed by atoms with Crippen LogP contribution in [0.4, 0.5) is 17.1 Å². The number of benzene rings is 3. The number of imide groups is 1. The Balaban J connectivity index is 0.000000225. The molecule has 3 aliphatic rings. The maximum Gasteiger partial charge on any atom is 0.349 e.